The van der Waals surface area contributed by atoms with Crippen molar-refractivity contribution in [3.8, 4) is 0 Å². The number of aromatic amines is 1. The van der Waals surface area contributed by atoms with Crippen LogP contribution in [-0.4, -0.2) is 29.1 Å². The van der Waals surface area contributed by atoms with Crippen LogP contribution in [0, 0.1) is 0 Å². The number of carbonyl (C=O) groups is 2. The van der Waals surface area contributed by atoms with Crippen LogP contribution in [0.5, 0.6) is 0 Å². The van der Waals surface area contributed by atoms with Gasteiger partial charge in [-0.15, -0.1) is 0 Å². The van der Waals surface area contributed by atoms with Gasteiger partial charge in [0.05, 0.1) is 0 Å². The number of benzene rings is 3. The fourth-order valence-electron chi connectivity index (χ4n) is 4.28. The second-order valence-corrected chi connectivity index (χ2v) is 8.94. The Morgan fingerprint density at radius 3 is 2.46 bits per heavy atom. The highest BCUT2D eigenvalue weighted by Crippen LogP contribution is 2.39. The van der Waals surface area contributed by atoms with Crippen LogP contribution in [0.1, 0.15) is 29.0 Å². The summed E-state index contributed by atoms with van der Waals surface area (Å²) in [7, 11) is 0. The smallest absolute Gasteiger partial charge is 0.408 e. The van der Waals surface area contributed by atoms with Crippen molar-refractivity contribution >= 4 is 28.6 Å². The van der Waals surface area contributed by atoms with Crippen LogP contribution < -0.4 is 16.4 Å². The Kier molecular flexibility index (Phi) is 6.50. The lowest BCUT2D eigenvalue weighted by Crippen LogP contribution is -2.45. The van der Waals surface area contributed by atoms with Gasteiger partial charge in [-0.2, -0.15) is 0 Å². The number of fused-ring (bicyclic) bond motifs is 1. The molecule has 0 saturated heterocycles. The van der Waals surface area contributed by atoms with Crippen molar-refractivity contribution in [1.82, 2.24) is 10.3 Å². The zero-order chi connectivity index (χ0) is 24.2. The quantitative estimate of drug-likeness (QED) is 0.306. The topological polar surface area (TPSA) is 109 Å². The molecule has 0 radical (unpaired) electrons. The third kappa shape index (κ3) is 5.53. The van der Waals surface area contributed by atoms with Crippen LogP contribution in [0.25, 0.3) is 10.9 Å². The SMILES string of the molecule is NC1CC1c1ccc(NC(=O)C(Cc2c[nH]c3ccccc23)NC(=O)OCc2ccccc2)cc1. The molecule has 2 amide bonds. The Bertz CT molecular complexity index is 1320. The minimum Gasteiger partial charge on any atom is -0.445 e. The maximum absolute atomic E-state index is 13.3. The van der Waals surface area contributed by atoms with Crippen LogP contribution in [0.3, 0.4) is 0 Å². The van der Waals surface area contributed by atoms with E-state index in [1.54, 1.807) is 0 Å². The van der Waals surface area contributed by atoms with E-state index in [0.29, 0.717) is 18.0 Å². The van der Waals surface area contributed by atoms with Gasteiger partial charge in [0.1, 0.15) is 12.6 Å². The van der Waals surface area contributed by atoms with Gasteiger partial charge in [-0.25, -0.2) is 4.79 Å². The second-order valence-electron chi connectivity index (χ2n) is 8.94. The van der Waals surface area contributed by atoms with Crippen LogP contribution in [-0.2, 0) is 22.6 Å². The summed E-state index contributed by atoms with van der Waals surface area (Å²) >= 11 is 0. The molecular weight excluding hydrogens is 440 g/mol. The van der Waals surface area contributed by atoms with E-state index in [1.165, 1.54) is 5.56 Å². The van der Waals surface area contributed by atoms with Crippen LogP contribution >= 0.6 is 0 Å². The van der Waals surface area contributed by atoms with E-state index in [-0.39, 0.29) is 18.6 Å². The molecule has 7 heteroatoms. The minimum atomic E-state index is -0.825. The van der Waals surface area contributed by atoms with Crippen molar-refractivity contribution in [3.63, 3.8) is 0 Å². The number of alkyl carbamates (subject to hydrolysis) is 1. The van der Waals surface area contributed by atoms with Crippen molar-refractivity contribution in [3.05, 3.63) is 102 Å². The first-order chi connectivity index (χ1) is 17.1. The highest BCUT2D eigenvalue weighted by Gasteiger charge is 2.34. The number of para-hydroxylation sites is 1. The zero-order valence-corrected chi connectivity index (χ0v) is 19.2. The number of rotatable bonds is 8. The number of ether oxygens (including phenoxy) is 1. The number of aromatic nitrogens is 1. The van der Waals surface area contributed by atoms with Crippen LogP contribution in [0.4, 0.5) is 10.5 Å². The first-order valence-electron chi connectivity index (χ1n) is 11.8. The maximum Gasteiger partial charge on any atom is 0.408 e. The predicted octanol–water partition coefficient (Wildman–Crippen LogP) is 4.46. The van der Waals surface area contributed by atoms with E-state index in [4.69, 9.17) is 10.5 Å². The van der Waals surface area contributed by atoms with E-state index < -0.39 is 12.1 Å². The van der Waals surface area contributed by atoms with Gasteiger partial charge in [0, 0.05) is 41.2 Å². The zero-order valence-electron chi connectivity index (χ0n) is 19.2. The van der Waals surface area contributed by atoms with E-state index >= 15 is 0 Å². The fourth-order valence-corrected chi connectivity index (χ4v) is 4.28. The average Bonchev–Trinajstić information content (AvgIpc) is 3.48. The first-order valence-corrected chi connectivity index (χ1v) is 11.8. The molecule has 4 aromatic rings. The highest BCUT2D eigenvalue weighted by molar-refractivity contribution is 5.97. The lowest BCUT2D eigenvalue weighted by Gasteiger charge is -2.18. The first kappa shape index (κ1) is 22.7. The summed E-state index contributed by atoms with van der Waals surface area (Å²) in [5.74, 6) is 0.0817. The molecule has 0 spiro atoms. The molecule has 1 fully saturated rings. The largest absolute Gasteiger partial charge is 0.445 e. The van der Waals surface area contributed by atoms with Crippen molar-refractivity contribution in [1.29, 1.82) is 0 Å². The summed E-state index contributed by atoms with van der Waals surface area (Å²) < 4.78 is 5.37. The third-order valence-corrected chi connectivity index (χ3v) is 6.37. The second kappa shape index (κ2) is 10.0. The van der Waals surface area contributed by atoms with Gasteiger partial charge < -0.3 is 26.1 Å². The molecule has 0 bridgehead atoms. The molecule has 7 nitrogen and oxygen atoms in total. The van der Waals surface area contributed by atoms with Crippen LogP contribution in [0.2, 0.25) is 0 Å². The minimum absolute atomic E-state index is 0.124. The number of nitrogens with two attached hydrogens (primary N) is 1. The summed E-state index contributed by atoms with van der Waals surface area (Å²) in [6, 6.07) is 24.4. The van der Waals surface area contributed by atoms with Crippen LogP contribution in [0.15, 0.2) is 85.1 Å². The van der Waals surface area contributed by atoms with E-state index in [9.17, 15) is 9.59 Å². The number of carbonyl (C=O) groups excluding carboxylic acids is 2. The molecule has 1 heterocycles. The summed E-state index contributed by atoms with van der Waals surface area (Å²) in [4.78, 5) is 29.1. The van der Waals surface area contributed by atoms with Gasteiger partial charge in [-0.05, 0) is 41.3 Å². The molecule has 1 saturated carbocycles. The Morgan fingerprint density at radius 1 is 1.00 bits per heavy atom. The number of hydrogen-bond acceptors (Lipinski definition) is 4. The molecule has 5 N–H and O–H groups in total. The van der Waals surface area contributed by atoms with Gasteiger partial charge in [0.25, 0.3) is 0 Å². The van der Waals surface area contributed by atoms with E-state index in [2.05, 4.69) is 15.6 Å². The molecule has 3 aromatic carbocycles. The van der Waals surface area contributed by atoms with Gasteiger partial charge in [-0.3, -0.25) is 4.79 Å². The number of amides is 2. The molecule has 1 aliphatic rings. The Hall–Kier alpha value is -4.10. The summed E-state index contributed by atoms with van der Waals surface area (Å²) in [5.41, 5.74) is 10.6. The van der Waals surface area contributed by atoms with E-state index in [1.807, 2.05) is 85.1 Å². The standard InChI is InChI=1S/C28H28N4O3/c29-24-15-23(24)19-10-12-21(13-11-19)31-27(33)26(14-20-16-30-25-9-5-4-8-22(20)25)32-28(34)35-17-18-6-2-1-3-7-18/h1-13,16,23-24,26,30H,14-15,17,29H2,(H,31,33)(H,32,34). The average molecular weight is 469 g/mol. The summed E-state index contributed by atoms with van der Waals surface area (Å²) in [5, 5.41) is 6.69. The van der Waals surface area contributed by atoms with Gasteiger partial charge in [0.15, 0.2) is 0 Å². The number of anilines is 1. The highest BCUT2D eigenvalue weighted by atomic mass is 16.5. The molecular formula is C28H28N4O3. The predicted molar refractivity (Wildman–Crippen MR) is 136 cm³/mol. The number of nitrogens with one attached hydrogen (secondary N) is 3. The van der Waals surface area contributed by atoms with Crippen molar-refractivity contribution in [2.45, 2.75) is 37.5 Å². The lowest BCUT2D eigenvalue weighted by atomic mass is 10.0. The number of H-pyrrole nitrogens is 1. The van der Waals surface area contributed by atoms with Gasteiger partial charge >= 0.3 is 6.09 Å². The molecule has 5 rings (SSSR count). The van der Waals surface area contributed by atoms with E-state index in [0.717, 1.165) is 28.5 Å². The van der Waals surface area contributed by atoms with Gasteiger partial charge in [0.2, 0.25) is 5.91 Å². The van der Waals surface area contributed by atoms with Crippen molar-refractivity contribution in [2.75, 3.05) is 5.32 Å². The Balaban J connectivity index is 1.29. The summed E-state index contributed by atoms with van der Waals surface area (Å²) in [6.07, 6.45) is 2.53. The normalized spacial score (nSPS) is 17.5. The third-order valence-electron chi connectivity index (χ3n) is 6.37. The molecule has 1 aliphatic carbocycles. The van der Waals surface area contributed by atoms with Crippen molar-refractivity contribution in [2.24, 2.45) is 5.73 Å². The molecule has 3 unspecified atom stereocenters. The lowest BCUT2D eigenvalue weighted by molar-refractivity contribution is -0.118. The summed E-state index contributed by atoms with van der Waals surface area (Å²) in [6.45, 7) is 0.124. The molecule has 178 valence electrons. The molecule has 0 aliphatic heterocycles. The Labute approximate surface area is 203 Å². The Morgan fingerprint density at radius 2 is 1.71 bits per heavy atom. The number of hydrogen-bond donors (Lipinski definition) is 4. The fraction of sp³-hybridized carbons (Fsp3) is 0.214. The van der Waals surface area contributed by atoms with Gasteiger partial charge in [-0.1, -0.05) is 60.7 Å². The molecule has 3 atom stereocenters. The maximum atomic E-state index is 13.3. The van der Waals surface area contributed by atoms with Crippen molar-refractivity contribution < 1.29 is 14.3 Å². The monoisotopic (exact) mass is 468 g/mol. The molecule has 35 heavy (non-hydrogen) atoms. The molecule has 1 aromatic heterocycles.